The van der Waals surface area contributed by atoms with Crippen molar-refractivity contribution in [2.45, 2.75) is 32.6 Å². The minimum Gasteiger partial charge on any atom is -0.490 e. The average molecular weight is 331 g/mol. The Kier molecular flexibility index (Phi) is 7.07. The molecule has 2 N–H and O–H groups in total. The van der Waals surface area contributed by atoms with E-state index in [1.807, 2.05) is 25.1 Å². The summed E-state index contributed by atoms with van der Waals surface area (Å²) >= 11 is 0. The van der Waals surface area contributed by atoms with Gasteiger partial charge >= 0.3 is 0 Å². The quantitative estimate of drug-likeness (QED) is 0.745. The lowest BCUT2D eigenvalue weighted by Gasteiger charge is -2.17. The Morgan fingerprint density at radius 1 is 1.00 bits per heavy atom. The molecule has 0 bridgehead atoms. The third kappa shape index (κ3) is 4.96. The predicted molar refractivity (Wildman–Crippen MR) is 95.3 cm³/mol. The number of nitrogens with two attached hydrogens (primary N) is 1. The zero-order valence-corrected chi connectivity index (χ0v) is 14.4. The highest BCUT2D eigenvalue weighted by atomic mass is 19.1. The molecule has 24 heavy (non-hydrogen) atoms. The minimum atomic E-state index is -0.231. The van der Waals surface area contributed by atoms with Gasteiger partial charge in [-0.1, -0.05) is 25.1 Å². The van der Waals surface area contributed by atoms with Crippen molar-refractivity contribution >= 4 is 0 Å². The number of hydrogen-bond acceptors (Lipinski definition) is 3. The summed E-state index contributed by atoms with van der Waals surface area (Å²) in [6.45, 7) is 5.79. The molecule has 2 rings (SSSR count). The average Bonchev–Trinajstić information content (AvgIpc) is 2.60. The fourth-order valence-electron chi connectivity index (χ4n) is 2.64. The second-order valence-electron chi connectivity index (χ2n) is 5.75. The van der Waals surface area contributed by atoms with Gasteiger partial charge in [0, 0.05) is 5.92 Å². The second-order valence-corrected chi connectivity index (χ2v) is 5.75. The van der Waals surface area contributed by atoms with Gasteiger partial charge in [0.05, 0.1) is 13.2 Å². The summed E-state index contributed by atoms with van der Waals surface area (Å²) in [5.74, 6) is 1.44. The molecule has 0 heterocycles. The Hall–Kier alpha value is -2.07. The highest BCUT2D eigenvalue weighted by molar-refractivity contribution is 5.43. The highest BCUT2D eigenvalue weighted by Gasteiger charge is 2.13. The monoisotopic (exact) mass is 331 g/mol. The summed E-state index contributed by atoms with van der Waals surface area (Å²) in [5, 5.41) is 0. The van der Waals surface area contributed by atoms with Gasteiger partial charge in [-0.05, 0) is 61.7 Å². The molecule has 0 aromatic heterocycles. The van der Waals surface area contributed by atoms with Gasteiger partial charge < -0.3 is 15.2 Å². The first kappa shape index (κ1) is 18.3. The fraction of sp³-hybridized carbons (Fsp3) is 0.400. The molecular weight excluding hydrogens is 305 g/mol. The van der Waals surface area contributed by atoms with Crippen molar-refractivity contribution in [2.24, 2.45) is 5.73 Å². The van der Waals surface area contributed by atoms with Crippen molar-refractivity contribution in [1.82, 2.24) is 0 Å². The molecule has 1 atom stereocenters. The van der Waals surface area contributed by atoms with Crippen molar-refractivity contribution in [3.63, 3.8) is 0 Å². The van der Waals surface area contributed by atoms with E-state index in [1.54, 1.807) is 12.1 Å². The highest BCUT2D eigenvalue weighted by Crippen LogP contribution is 2.31. The van der Waals surface area contributed by atoms with Gasteiger partial charge in [0.1, 0.15) is 5.82 Å². The molecule has 2 aromatic rings. The predicted octanol–water partition coefficient (Wildman–Crippen LogP) is 4.30. The lowest BCUT2D eigenvalue weighted by Crippen LogP contribution is -2.15. The van der Waals surface area contributed by atoms with Crippen LogP contribution in [0.2, 0.25) is 0 Å². The van der Waals surface area contributed by atoms with Crippen molar-refractivity contribution < 1.29 is 13.9 Å². The van der Waals surface area contributed by atoms with Gasteiger partial charge in [-0.2, -0.15) is 0 Å². The summed E-state index contributed by atoms with van der Waals surface area (Å²) in [5.41, 5.74) is 8.10. The normalized spacial score (nSPS) is 12.0. The van der Waals surface area contributed by atoms with E-state index < -0.39 is 0 Å². The van der Waals surface area contributed by atoms with Gasteiger partial charge in [0.15, 0.2) is 11.5 Å². The van der Waals surface area contributed by atoms with Gasteiger partial charge in [-0.25, -0.2) is 4.39 Å². The Bertz CT molecular complexity index is 628. The van der Waals surface area contributed by atoms with Crippen molar-refractivity contribution in [1.29, 1.82) is 0 Å². The molecule has 130 valence electrons. The third-order valence-electron chi connectivity index (χ3n) is 3.88. The molecule has 0 aliphatic rings. The number of hydrogen-bond donors (Lipinski definition) is 1. The van der Waals surface area contributed by atoms with Gasteiger partial charge in [0.2, 0.25) is 0 Å². The van der Waals surface area contributed by atoms with E-state index in [-0.39, 0.29) is 11.7 Å². The van der Waals surface area contributed by atoms with Crippen LogP contribution in [0, 0.1) is 5.82 Å². The van der Waals surface area contributed by atoms with E-state index in [2.05, 4.69) is 6.92 Å². The van der Waals surface area contributed by atoms with Crippen LogP contribution in [0.4, 0.5) is 4.39 Å². The number of rotatable bonds is 9. The molecule has 2 aromatic carbocycles. The summed E-state index contributed by atoms with van der Waals surface area (Å²) in [6.07, 6.45) is 1.73. The van der Waals surface area contributed by atoms with E-state index >= 15 is 0 Å². The number of ether oxygens (including phenoxy) is 2. The third-order valence-corrected chi connectivity index (χ3v) is 3.88. The molecule has 0 aliphatic heterocycles. The molecule has 0 spiro atoms. The van der Waals surface area contributed by atoms with Gasteiger partial charge in [-0.15, -0.1) is 0 Å². The lowest BCUT2D eigenvalue weighted by atomic mass is 9.92. The van der Waals surface area contributed by atoms with E-state index in [4.69, 9.17) is 15.2 Å². The van der Waals surface area contributed by atoms with Crippen molar-refractivity contribution in [3.8, 4) is 11.5 Å². The summed E-state index contributed by atoms with van der Waals surface area (Å²) < 4.78 is 24.5. The fourth-order valence-corrected chi connectivity index (χ4v) is 2.64. The van der Waals surface area contributed by atoms with Crippen LogP contribution >= 0.6 is 0 Å². The van der Waals surface area contributed by atoms with Crippen LogP contribution in [0.5, 0.6) is 11.5 Å². The summed E-state index contributed by atoms with van der Waals surface area (Å²) in [4.78, 5) is 0. The van der Waals surface area contributed by atoms with Gasteiger partial charge in [0.25, 0.3) is 0 Å². The van der Waals surface area contributed by atoms with E-state index in [1.165, 1.54) is 12.1 Å². The maximum atomic E-state index is 13.1. The van der Waals surface area contributed by atoms with E-state index in [0.29, 0.717) is 19.8 Å². The molecule has 3 nitrogen and oxygen atoms in total. The molecular formula is C20H26FNO2. The Morgan fingerprint density at radius 3 is 2.38 bits per heavy atom. The van der Waals surface area contributed by atoms with Crippen LogP contribution in [0.1, 0.15) is 37.3 Å². The SMILES string of the molecule is CCCOc1ccc(CC(CN)c2ccc(F)cc2)cc1OCC. The zero-order valence-electron chi connectivity index (χ0n) is 14.4. The smallest absolute Gasteiger partial charge is 0.161 e. The van der Waals surface area contributed by atoms with E-state index in [9.17, 15) is 4.39 Å². The largest absolute Gasteiger partial charge is 0.490 e. The summed E-state index contributed by atoms with van der Waals surface area (Å²) in [7, 11) is 0. The molecule has 0 amide bonds. The van der Waals surface area contributed by atoms with Crippen LogP contribution in [0.25, 0.3) is 0 Å². The molecule has 0 aliphatic carbocycles. The molecule has 1 unspecified atom stereocenters. The lowest BCUT2D eigenvalue weighted by molar-refractivity contribution is 0.276. The first-order chi connectivity index (χ1) is 11.7. The van der Waals surface area contributed by atoms with Crippen LogP contribution in [0.3, 0.4) is 0 Å². The van der Waals surface area contributed by atoms with Crippen LogP contribution in [-0.2, 0) is 6.42 Å². The Labute approximate surface area is 143 Å². The van der Waals surface area contributed by atoms with Crippen LogP contribution in [-0.4, -0.2) is 19.8 Å². The molecule has 0 saturated carbocycles. The topological polar surface area (TPSA) is 44.5 Å². The van der Waals surface area contributed by atoms with Gasteiger partial charge in [-0.3, -0.25) is 0 Å². The zero-order chi connectivity index (χ0) is 17.4. The maximum absolute atomic E-state index is 13.1. The number of halogens is 1. The second kappa shape index (κ2) is 9.28. The molecule has 0 fully saturated rings. The molecule has 0 saturated heterocycles. The van der Waals surface area contributed by atoms with Crippen LogP contribution in [0.15, 0.2) is 42.5 Å². The summed E-state index contributed by atoms with van der Waals surface area (Å²) in [6, 6.07) is 12.6. The maximum Gasteiger partial charge on any atom is 0.161 e. The minimum absolute atomic E-state index is 0.141. The van der Waals surface area contributed by atoms with Crippen molar-refractivity contribution in [2.75, 3.05) is 19.8 Å². The molecule has 0 radical (unpaired) electrons. The standard InChI is InChI=1S/C20H26FNO2/c1-3-11-24-19-10-5-15(13-20(19)23-4-2)12-17(14-22)16-6-8-18(21)9-7-16/h5-10,13,17H,3-4,11-12,14,22H2,1-2H3. The number of benzene rings is 2. The first-order valence-electron chi connectivity index (χ1n) is 8.52. The molecule has 4 heteroatoms. The first-order valence-corrected chi connectivity index (χ1v) is 8.52. The Balaban J connectivity index is 2.17. The Morgan fingerprint density at radius 2 is 1.75 bits per heavy atom. The van der Waals surface area contributed by atoms with Crippen molar-refractivity contribution in [3.05, 3.63) is 59.4 Å². The van der Waals surface area contributed by atoms with Crippen LogP contribution < -0.4 is 15.2 Å². The van der Waals surface area contributed by atoms with E-state index in [0.717, 1.165) is 35.5 Å².